The maximum atomic E-state index is 7.60. The van der Waals surface area contributed by atoms with Gasteiger partial charge in [0, 0.05) is 0 Å². The van der Waals surface area contributed by atoms with E-state index in [0.717, 1.165) is 0 Å². The summed E-state index contributed by atoms with van der Waals surface area (Å²) in [6.45, 7) is 0. The molecule has 0 fully saturated rings. The van der Waals surface area contributed by atoms with Crippen LogP contribution in [0.3, 0.4) is 0 Å². The zero-order valence-corrected chi connectivity index (χ0v) is 2.47. The summed E-state index contributed by atoms with van der Waals surface area (Å²) in [5.41, 5.74) is 0. The molecule has 0 amide bonds. The van der Waals surface area contributed by atoms with Crippen molar-refractivity contribution < 1.29 is 10.2 Å². The summed E-state index contributed by atoms with van der Waals surface area (Å²) in [7, 11) is 0. The van der Waals surface area contributed by atoms with Crippen LogP contribution in [0.15, 0.2) is 0 Å². The maximum absolute atomic E-state index is 7.60. The lowest BCUT2D eigenvalue weighted by molar-refractivity contribution is 0.123. The van der Waals surface area contributed by atoms with Crippen molar-refractivity contribution in [3.63, 3.8) is 0 Å². The smallest absolute Gasteiger partial charge is 0.297 e. The highest BCUT2D eigenvalue weighted by Gasteiger charge is 1.82. The molecular weight excluding hydrogens is 68.0 g/mol. The number of rotatable bonds is 0. The molecule has 0 atom stereocenters. The normalized spacial score (nSPS) is 7.60. The van der Waals surface area contributed by atoms with Crippen LogP contribution in [0.1, 0.15) is 0 Å². The summed E-state index contributed by atoms with van der Waals surface area (Å²) in [6.07, 6.45) is 3.42. The van der Waals surface area contributed by atoms with Gasteiger partial charge in [0.15, 0.2) is 0 Å². The van der Waals surface area contributed by atoms with Gasteiger partial charge in [-0.2, -0.15) is 0 Å². The van der Waals surface area contributed by atoms with Gasteiger partial charge in [0.05, 0.1) is 0 Å². The third kappa shape index (κ3) is 3.48. The second-order valence-electron chi connectivity index (χ2n) is 0.468. The maximum Gasteiger partial charge on any atom is 0.297 e. The van der Waals surface area contributed by atoms with Crippen LogP contribution < -0.4 is 0 Å². The Morgan fingerprint density at radius 2 is 1.80 bits per heavy atom. The first-order valence-electron chi connectivity index (χ1n) is 0.986. The van der Waals surface area contributed by atoms with Gasteiger partial charge in [-0.05, 0) is 5.92 Å². The van der Waals surface area contributed by atoms with Crippen molar-refractivity contribution in [3.8, 4) is 12.3 Å². The molecule has 0 aliphatic carbocycles. The van der Waals surface area contributed by atoms with Gasteiger partial charge in [-0.25, -0.2) is 0 Å². The molecule has 0 saturated heterocycles. The number of hydrogen-bond donors (Lipinski definition) is 2. The van der Waals surface area contributed by atoms with Crippen LogP contribution in [-0.4, -0.2) is 10.2 Å². The molecular formula is C3H3O2. The number of hydrogen-bond acceptors (Lipinski definition) is 2. The Hall–Kier alpha value is -0.520. The predicted octanol–water partition coefficient (Wildman–Crippen LogP) is -0.146. The summed E-state index contributed by atoms with van der Waals surface area (Å²) < 4.78 is 0. The largest absolute Gasteiger partial charge is 0.351 e. The SMILES string of the molecule is C#C[C](O)O. The monoisotopic (exact) mass is 71.0 g/mol. The van der Waals surface area contributed by atoms with Crippen LogP contribution in [0.5, 0.6) is 0 Å². The first kappa shape index (κ1) is 4.48. The molecule has 2 nitrogen and oxygen atoms in total. The van der Waals surface area contributed by atoms with Crippen molar-refractivity contribution in [3.05, 3.63) is 6.29 Å². The Bertz CT molecular complexity index is 50.4. The molecule has 2 heteroatoms. The van der Waals surface area contributed by atoms with Crippen molar-refractivity contribution >= 4 is 0 Å². The first-order valence-corrected chi connectivity index (χ1v) is 0.986. The summed E-state index contributed by atoms with van der Waals surface area (Å²) in [5, 5.41) is 15.2. The molecule has 0 heterocycles. The fraction of sp³-hybridized carbons (Fsp3) is 0. The molecule has 5 heavy (non-hydrogen) atoms. The van der Waals surface area contributed by atoms with E-state index in [4.69, 9.17) is 10.2 Å². The van der Waals surface area contributed by atoms with Gasteiger partial charge in [0.25, 0.3) is 6.29 Å². The van der Waals surface area contributed by atoms with Gasteiger partial charge in [-0.15, -0.1) is 6.42 Å². The average molecular weight is 71.1 g/mol. The van der Waals surface area contributed by atoms with E-state index in [1.54, 1.807) is 5.92 Å². The second kappa shape index (κ2) is 1.77. The molecule has 0 aromatic carbocycles. The minimum atomic E-state index is -0.968. The van der Waals surface area contributed by atoms with Crippen molar-refractivity contribution in [1.29, 1.82) is 0 Å². The lowest BCUT2D eigenvalue weighted by Crippen LogP contribution is -1.83. The molecule has 0 aromatic heterocycles. The first-order chi connectivity index (χ1) is 2.27. The second-order valence-corrected chi connectivity index (χ2v) is 0.468. The van der Waals surface area contributed by atoms with Gasteiger partial charge in [0.2, 0.25) is 0 Å². The molecule has 0 aromatic rings. The molecule has 0 spiro atoms. The standard InChI is InChI=1S/C3H3O2/c1-2-3(4)5/h1,4-5H. The minimum Gasteiger partial charge on any atom is -0.351 e. The van der Waals surface area contributed by atoms with Crippen LogP contribution in [0.4, 0.5) is 0 Å². The van der Waals surface area contributed by atoms with E-state index in [1.165, 1.54) is 0 Å². The highest BCUT2D eigenvalue weighted by molar-refractivity contribution is 4.99. The number of terminal acetylenes is 1. The Morgan fingerprint density at radius 3 is 1.80 bits per heavy atom. The topological polar surface area (TPSA) is 40.5 Å². The minimum absolute atomic E-state index is 0.968. The number of aliphatic hydroxyl groups excluding tert-OH is 1. The highest BCUT2D eigenvalue weighted by atomic mass is 16.5. The van der Waals surface area contributed by atoms with E-state index in [9.17, 15) is 0 Å². The Labute approximate surface area is 30.1 Å². The lowest BCUT2D eigenvalue weighted by Gasteiger charge is -1.77. The molecule has 27 valence electrons. The molecule has 0 unspecified atom stereocenters. The highest BCUT2D eigenvalue weighted by Crippen LogP contribution is 1.73. The zero-order chi connectivity index (χ0) is 4.28. The van der Waals surface area contributed by atoms with E-state index in [-0.39, 0.29) is 0 Å². The van der Waals surface area contributed by atoms with Gasteiger partial charge < -0.3 is 10.2 Å². The molecule has 2 N–H and O–H groups in total. The summed E-state index contributed by atoms with van der Waals surface area (Å²) in [5.74, 6) is 1.56. The van der Waals surface area contributed by atoms with Crippen LogP contribution in [0, 0.1) is 18.6 Å². The Morgan fingerprint density at radius 1 is 1.60 bits per heavy atom. The van der Waals surface area contributed by atoms with Crippen LogP contribution in [-0.2, 0) is 0 Å². The van der Waals surface area contributed by atoms with Gasteiger partial charge in [0.1, 0.15) is 0 Å². The van der Waals surface area contributed by atoms with E-state index < -0.39 is 6.29 Å². The lowest BCUT2D eigenvalue weighted by atomic mass is 10.7. The van der Waals surface area contributed by atoms with Crippen LogP contribution in [0.25, 0.3) is 0 Å². The summed E-state index contributed by atoms with van der Waals surface area (Å²) in [6, 6.07) is 0. The summed E-state index contributed by atoms with van der Waals surface area (Å²) >= 11 is 0. The molecule has 1 radical (unpaired) electrons. The van der Waals surface area contributed by atoms with Crippen LogP contribution in [0.2, 0.25) is 0 Å². The van der Waals surface area contributed by atoms with Gasteiger partial charge in [-0.1, -0.05) is 0 Å². The quantitative estimate of drug-likeness (QED) is 0.390. The van der Waals surface area contributed by atoms with E-state index in [1.807, 2.05) is 0 Å². The van der Waals surface area contributed by atoms with Crippen molar-refractivity contribution in [2.45, 2.75) is 0 Å². The third-order valence-corrected chi connectivity index (χ3v) is 0.129. The third-order valence-electron chi connectivity index (χ3n) is 0.129. The van der Waals surface area contributed by atoms with Crippen molar-refractivity contribution in [2.75, 3.05) is 0 Å². The van der Waals surface area contributed by atoms with E-state index in [2.05, 4.69) is 6.42 Å². The van der Waals surface area contributed by atoms with E-state index in [0.29, 0.717) is 0 Å². The summed E-state index contributed by atoms with van der Waals surface area (Å²) in [4.78, 5) is 0. The fourth-order valence-corrected chi connectivity index (χ4v) is 0. The van der Waals surface area contributed by atoms with Gasteiger partial charge >= 0.3 is 0 Å². The Kier molecular flexibility index (Phi) is 1.58. The number of aliphatic hydroxyl groups is 2. The van der Waals surface area contributed by atoms with Crippen molar-refractivity contribution in [1.82, 2.24) is 0 Å². The molecule has 0 bridgehead atoms. The van der Waals surface area contributed by atoms with Gasteiger partial charge in [-0.3, -0.25) is 0 Å². The average Bonchev–Trinajstić information content (AvgIpc) is 1.38. The fourth-order valence-electron chi connectivity index (χ4n) is 0. The predicted molar refractivity (Wildman–Crippen MR) is 15.9 cm³/mol. The molecule has 0 saturated carbocycles. The zero-order valence-electron chi connectivity index (χ0n) is 2.47. The van der Waals surface area contributed by atoms with Crippen molar-refractivity contribution in [2.24, 2.45) is 0 Å². The molecule has 0 rings (SSSR count). The molecule has 0 aliphatic rings. The van der Waals surface area contributed by atoms with Crippen LogP contribution >= 0.6 is 0 Å². The molecule has 0 aliphatic heterocycles. The van der Waals surface area contributed by atoms with E-state index >= 15 is 0 Å². The Balaban J connectivity index is 2.94.